The SMILES string of the molecule is CCOc1ccc(CCC[C@@H](C(=O)N[C@H](c2noc(-c3cccs3)n2)C(C)(C)C)[C@H](O)C(=O)NO)cc1. The molecule has 3 atom stereocenters. The van der Waals surface area contributed by atoms with Gasteiger partial charge in [-0.05, 0) is 60.7 Å². The number of aromatic nitrogens is 2. The minimum absolute atomic E-state index is 0.206. The Morgan fingerprint density at radius 2 is 1.89 bits per heavy atom. The van der Waals surface area contributed by atoms with Crippen molar-refractivity contribution in [1.82, 2.24) is 20.9 Å². The Bertz CT molecular complexity index is 1140. The minimum Gasteiger partial charge on any atom is -0.494 e. The fourth-order valence-corrected chi connectivity index (χ4v) is 4.54. The molecule has 3 aromatic rings. The van der Waals surface area contributed by atoms with Crippen LogP contribution < -0.4 is 15.5 Å². The molecule has 10 nitrogen and oxygen atoms in total. The van der Waals surface area contributed by atoms with E-state index in [-0.39, 0.29) is 6.42 Å². The zero-order valence-electron chi connectivity index (χ0n) is 21.4. The van der Waals surface area contributed by atoms with E-state index in [1.807, 2.05) is 69.5 Å². The predicted molar refractivity (Wildman–Crippen MR) is 138 cm³/mol. The number of rotatable bonds is 12. The van der Waals surface area contributed by atoms with Crippen molar-refractivity contribution < 1.29 is 29.2 Å². The summed E-state index contributed by atoms with van der Waals surface area (Å²) in [5.74, 6) is -1.30. The van der Waals surface area contributed by atoms with Gasteiger partial charge in [0, 0.05) is 0 Å². The van der Waals surface area contributed by atoms with Gasteiger partial charge in [0.25, 0.3) is 11.8 Å². The number of hydroxylamine groups is 1. The lowest BCUT2D eigenvalue weighted by molar-refractivity contribution is -0.146. The van der Waals surface area contributed by atoms with E-state index >= 15 is 0 Å². The molecule has 0 saturated carbocycles. The highest BCUT2D eigenvalue weighted by molar-refractivity contribution is 7.13. The molecular weight excluding hydrogens is 496 g/mol. The Morgan fingerprint density at radius 3 is 2.49 bits per heavy atom. The molecule has 1 aromatic carbocycles. The molecule has 0 aliphatic rings. The summed E-state index contributed by atoms with van der Waals surface area (Å²) in [4.78, 5) is 30.7. The normalized spacial score (nSPS) is 14.0. The van der Waals surface area contributed by atoms with Gasteiger partial charge in [-0.25, -0.2) is 5.48 Å². The van der Waals surface area contributed by atoms with Crippen molar-refractivity contribution in [2.24, 2.45) is 11.3 Å². The number of thiophene rings is 1. The Hall–Kier alpha value is -3.28. The average molecular weight is 531 g/mol. The Balaban J connectivity index is 1.74. The van der Waals surface area contributed by atoms with Crippen molar-refractivity contribution in [2.45, 2.75) is 59.1 Å². The first-order valence-corrected chi connectivity index (χ1v) is 13.0. The lowest BCUT2D eigenvalue weighted by atomic mass is 9.85. The Kier molecular flexibility index (Phi) is 9.79. The summed E-state index contributed by atoms with van der Waals surface area (Å²) < 4.78 is 10.9. The van der Waals surface area contributed by atoms with Crippen LogP contribution in [0.15, 0.2) is 46.3 Å². The number of aliphatic hydroxyl groups excluding tert-OH is 1. The van der Waals surface area contributed by atoms with Gasteiger partial charge in [0.2, 0.25) is 5.91 Å². The number of ether oxygens (including phenoxy) is 1. The van der Waals surface area contributed by atoms with Gasteiger partial charge in [-0.2, -0.15) is 4.98 Å². The molecular formula is C26H34N4O6S. The second kappa shape index (κ2) is 12.8. The number of carbonyl (C=O) groups is 2. The van der Waals surface area contributed by atoms with Crippen molar-refractivity contribution in [3.05, 3.63) is 53.2 Å². The summed E-state index contributed by atoms with van der Waals surface area (Å²) in [7, 11) is 0. The molecule has 2 amide bonds. The summed E-state index contributed by atoms with van der Waals surface area (Å²) in [5.41, 5.74) is 1.96. The van der Waals surface area contributed by atoms with Crippen LogP contribution in [0.4, 0.5) is 0 Å². The maximum Gasteiger partial charge on any atom is 0.272 e. The van der Waals surface area contributed by atoms with Crippen LogP contribution in [0, 0.1) is 11.3 Å². The van der Waals surface area contributed by atoms with E-state index in [0.717, 1.165) is 16.2 Å². The maximum absolute atomic E-state index is 13.4. The third kappa shape index (κ3) is 7.61. The summed E-state index contributed by atoms with van der Waals surface area (Å²) in [6.45, 7) is 8.24. The van der Waals surface area contributed by atoms with Crippen molar-refractivity contribution in [3.8, 4) is 16.5 Å². The van der Waals surface area contributed by atoms with Gasteiger partial charge < -0.3 is 19.7 Å². The number of aryl methyl sites for hydroxylation is 1. The fourth-order valence-electron chi connectivity index (χ4n) is 3.90. The molecule has 0 unspecified atom stereocenters. The second-order valence-electron chi connectivity index (χ2n) is 9.74. The molecule has 0 bridgehead atoms. The molecule has 2 heterocycles. The summed E-state index contributed by atoms with van der Waals surface area (Å²) in [6.07, 6.45) is -0.386. The van der Waals surface area contributed by atoms with E-state index < -0.39 is 35.3 Å². The van der Waals surface area contributed by atoms with E-state index in [9.17, 15) is 14.7 Å². The van der Waals surface area contributed by atoms with E-state index in [4.69, 9.17) is 14.5 Å². The molecule has 0 radical (unpaired) electrons. The molecule has 0 aliphatic carbocycles. The molecule has 0 aliphatic heterocycles. The van der Waals surface area contributed by atoms with Crippen molar-refractivity contribution in [3.63, 3.8) is 0 Å². The van der Waals surface area contributed by atoms with Gasteiger partial charge >= 0.3 is 0 Å². The molecule has 200 valence electrons. The third-order valence-electron chi connectivity index (χ3n) is 5.90. The standard InChI is InChI=1S/C26H34N4O6S/c1-5-35-17-13-11-16(12-14-17)8-6-9-18(20(31)24(33)29-34)23(32)27-21(26(2,3)4)22-28-25(36-30-22)19-10-7-15-37-19/h7,10-15,18,20-21,31,34H,5-6,8-9H2,1-4H3,(H,27,32)(H,29,33)/t18-,20+,21-/m1/s1. The number of hydrogen-bond donors (Lipinski definition) is 4. The molecule has 0 spiro atoms. The largest absolute Gasteiger partial charge is 0.494 e. The molecule has 2 aromatic heterocycles. The first-order valence-electron chi connectivity index (χ1n) is 12.2. The van der Waals surface area contributed by atoms with Crippen LogP contribution in [0.5, 0.6) is 5.75 Å². The number of amides is 2. The van der Waals surface area contributed by atoms with Crippen LogP contribution >= 0.6 is 11.3 Å². The molecule has 4 N–H and O–H groups in total. The third-order valence-corrected chi connectivity index (χ3v) is 6.75. The van der Waals surface area contributed by atoms with Gasteiger partial charge in [0.05, 0.1) is 23.4 Å². The number of carbonyl (C=O) groups excluding carboxylic acids is 2. The van der Waals surface area contributed by atoms with Gasteiger partial charge in [-0.1, -0.05) is 44.1 Å². The monoisotopic (exact) mass is 530 g/mol. The Labute approximate surface area is 220 Å². The Morgan fingerprint density at radius 1 is 1.16 bits per heavy atom. The number of hydrogen-bond acceptors (Lipinski definition) is 9. The lowest BCUT2D eigenvalue weighted by Crippen LogP contribution is -2.48. The van der Waals surface area contributed by atoms with E-state index in [1.54, 1.807) is 0 Å². The highest BCUT2D eigenvalue weighted by Crippen LogP contribution is 2.34. The number of nitrogens with zero attached hydrogens (tertiary/aromatic N) is 2. The summed E-state index contributed by atoms with van der Waals surface area (Å²) in [5, 5.41) is 28.5. The maximum atomic E-state index is 13.4. The smallest absolute Gasteiger partial charge is 0.272 e. The van der Waals surface area contributed by atoms with Crippen LogP contribution in [0.3, 0.4) is 0 Å². The number of nitrogens with one attached hydrogen (secondary N) is 2. The molecule has 37 heavy (non-hydrogen) atoms. The van der Waals surface area contributed by atoms with Crippen molar-refractivity contribution in [2.75, 3.05) is 6.61 Å². The zero-order chi connectivity index (χ0) is 27.0. The number of aliphatic hydroxyl groups is 1. The summed E-state index contributed by atoms with van der Waals surface area (Å²) in [6, 6.07) is 10.7. The van der Waals surface area contributed by atoms with E-state index in [2.05, 4.69) is 15.5 Å². The van der Waals surface area contributed by atoms with E-state index in [0.29, 0.717) is 31.2 Å². The van der Waals surface area contributed by atoms with Crippen LogP contribution in [0.25, 0.3) is 10.8 Å². The van der Waals surface area contributed by atoms with Crippen LogP contribution in [-0.2, 0) is 16.0 Å². The van der Waals surface area contributed by atoms with Gasteiger partial charge in [-0.3, -0.25) is 14.8 Å². The highest BCUT2D eigenvalue weighted by atomic mass is 32.1. The van der Waals surface area contributed by atoms with Crippen LogP contribution in [-0.4, -0.2) is 45.0 Å². The van der Waals surface area contributed by atoms with Gasteiger partial charge in [0.15, 0.2) is 5.82 Å². The second-order valence-corrected chi connectivity index (χ2v) is 10.7. The lowest BCUT2D eigenvalue weighted by Gasteiger charge is -2.31. The molecule has 11 heteroatoms. The van der Waals surface area contributed by atoms with Crippen LogP contribution in [0.2, 0.25) is 0 Å². The topological polar surface area (TPSA) is 147 Å². The average Bonchev–Trinajstić information content (AvgIpc) is 3.57. The minimum atomic E-state index is -1.74. The number of benzene rings is 1. The highest BCUT2D eigenvalue weighted by Gasteiger charge is 2.37. The fraction of sp³-hybridized carbons (Fsp3) is 0.462. The zero-order valence-corrected chi connectivity index (χ0v) is 22.2. The summed E-state index contributed by atoms with van der Waals surface area (Å²) >= 11 is 1.46. The first-order chi connectivity index (χ1) is 17.6. The molecule has 0 fully saturated rings. The van der Waals surface area contributed by atoms with Crippen molar-refractivity contribution >= 4 is 23.2 Å². The van der Waals surface area contributed by atoms with Gasteiger partial charge in [-0.15, -0.1) is 11.3 Å². The predicted octanol–water partition coefficient (Wildman–Crippen LogP) is 3.91. The molecule has 0 saturated heterocycles. The molecule has 3 rings (SSSR count). The van der Waals surface area contributed by atoms with Gasteiger partial charge in [0.1, 0.15) is 11.9 Å². The van der Waals surface area contributed by atoms with Crippen molar-refractivity contribution in [1.29, 1.82) is 0 Å². The van der Waals surface area contributed by atoms with Crippen LogP contribution in [0.1, 0.15) is 58.0 Å². The first kappa shape index (κ1) is 28.3. The quantitative estimate of drug-likeness (QED) is 0.204. The van der Waals surface area contributed by atoms with E-state index in [1.165, 1.54) is 16.8 Å².